The molecule has 1 heterocycles. The van der Waals surface area contributed by atoms with E-state index in [1.807, 2.05) is 32.0 Å². The number of benzene rings is 1. The van der Waals surface area contributed by atoms with Crippen molar-refractivity contribution in [2.24, 2.45) is 0 Å². The molecule has 1 aromatic heterocycles. The third kappa shape index (κ3) is 2.15. The van der Waals surface area contributed by atoms with Gasteiger partial charge in [0.2, 0.25) is 0 Å². The minimum Gasteiger partial charge on any atom is -0.496 e. The Morgan fingerprint density at radius 3 is 2.71 bits per heavy atom. The number of aromatic nitrogens is 1. The van der Waals surface area contributed by atoms with E-state index in [0.29, 0.717) is 5.69 Å². The van der Waals surface area contributed by atoms with Gasteiger partial charge in [-0.2, -0.15) is 5.26 Å². The number of nitrogens with zero attached hydrogens (tertiary/aromatic N) is 2. The van der Waals surface area contributed by atoms with Crippen molar-refractivity contribution in [3.8, 4) is 22.4 Å². The van der Waals surface area contributed by atoms with E-state index in [4.69, 9.17) is 10.00 Å². The van der Waals surface area contributed by atoms with Gasteiger partial charge in [0.05, 0.1) is 12.7 Å². The van der Waals surface area contributed by atoms with Gasteiger partial charge in [0.15, 0.2) is 5.69 Å². The van der Waals surface area contributed by atoms with E-state index in [9.17, 15) is 0 Å². The molecule has 3 nitrogen and oxygen atoms in total. The monoisotopic (exact) mass is 244 g/mol. The van der Waals surface area contributed by atoms with Gasteiger partial charge in [0.25, 0.3) is 0 Å². The number of hydrogen-bond acceptors (Lipinski definition) is 4. The Morgan fingerprint density at radius 2 is 2.12 bits per heavy atom. The van der Waals surface area contributed by atoms with Crippen LogP contribution >= 0.6 is 11.3 Å². The highest BCUT2D eigenvalue weighted by atomic mass is 32.1. The van der Waals surface area contributed by atoms with Crippen LogP contribution in [0.15, 0.2) is 18.2 Å². The molecule has 0 saturated carbocycles. The average Bonchev–Trinajstić information content (AvgIpc) is 2.70. The van der Waals surface area contributed by atoms with E-state index in [1.165, 1.54) is 11.3 Å². The first-order valence-electron chi connectivity index (χ1n) is 5.18. The Hall–Kier alpha value is -1.86. The number of rotatable bonds is 2. The van der Waals surface area contributed by atoms with Crippen molar-refractivity contribution in [1.82, 2.24) is 4.98 Å². The van der Waals surface area contributed by atoms with Crippen LogP contribution in [0, 0.1) is 25.2 Å². The number of methoxy groups -OCH3 is 1. The highest BCUT2D eigenvalue weighted by Crippen LogP contribution is 2.34. The SMILES string of the molecule is COc1ccc(C)cc1-c1nc(C#N)c(C)s1. The zero-order chi connectivity index (χ0) is 12.4. The van der Waals surface area contributed by atoms with Gasteiger partial charge in [-0.1, -0.05) is 11.6 Å². The number of thiazole rings is 1. The van der Waals surface area contributed by atoms with Gasteiger partial charge in [-0.25, -0.2) is 4.98 Å². The Morgan fingerprint density at radius 1 is 1.35 bits per heavy atom. The van der Waals surface area contributed by atoms with Gasteiger partial charge in [-0.3, -0.25) is 0 Å². The highest BCUT2D eigenvalue weighted by Gasteiger charge is 2.13. The van der Waals surface area contributed by atoms with Crippen LogP contribution in [0.25, 0.3) is 10.6 Å². The molecular weight excluding hydrogens is 232 g/mol. The molecule has 86 valence electrons. The summed E-state index contributed by atoms with van der Waals surface area (Å²) in [6.45, 7) is 3.93. The summed E-state index contributed by atoms with van der Waals surface area (Å²) < 4.78 is 5.32. The normalized spacial score (nSPS) is 10.0. The largest absolute Gasteiger partial charge is 0.496 e. The smallest absolute Gasteiger partial charge is 0.155 e. The lowest BCUT2D eigenvalue weighted by atomic mass is 10.1. The number of ether oxygens (including phenoxy) is 1. The maximum atomic E-state index is 8.92. The lowest BCUT2D eigenvalue weighted by Crippen LogP contribution is -1.88. The molecule has 17 heavy (non-hydrogen) atoms. The minimum absolute atomic E-state index is 0.494. The van der Waals surface area contributed by atoms with E-state index in [0.717, 1.165) is 26.8 Å². The molecule has 0 aliphatic heterocycles. The molecule has 0 bridgehead atoms. The number of nitriles is 1. The van der Waals surface area contributed by atoms with Crippen LogP contribution in [0.2, 0.25) is 0 Å². The molecule has 0 N–H and O–H groups in total. The molecule has 0 amide bonds. The third-order valence-electron chi connectivity index (χ3n) is 2.49. The second kappa shape index (κ2) is 4.56. The summed E-state index contributed by atoms with van der Waals surface area (Å²) in [5, 5.41) is 9.76. The van der Waals surface area contributed by atoms with Crippen molar-refractivity contribution >= 4 is 11.3 Å². The summed E-state index contributed by atoms with van der Waals surface area (Å²) in [5.74, 6) is 0.786. The van der Waals surface area contributed by atoms with Crippen molar-refractivity contribution in [3.63, 3.8) is 0 Å². The number of aryl methyl sites for hydroxylation is 2. The van der Waals surface area contributed by atoms with Crippen LogP contribution in [0.4, 0.5) is 0 Å². The van der Waals surface area contributed by atoms with Gasteiger partial charge in [0, 0.05) is 4.88 Å². The van der Waals surface area contributed by atoms with Crippen LogP contribution in [0.5, 0.6) is 5.75 Å². The van der Waals surface area contributed by atoms with E-state index >= 15 is 0 Å². The fourth-order valence-corrected chi connectivity index (χ4v) is 2.49. The quantitative estimate of drug-likeness (QED) is 0.814. The van der Waals surface area contributed by atoms with Crippen LogP contribution in [-0.4, -0.2) is 12.1 Å². The van der Waals surface area contributed by atoms with Crippen molar-refractivity contribution < 1.29 is 4.74 Å². The molecule has 0 unspecified atom stereocenters. The Labute approximate surface area is 104 Å². The molecule has 2 aromatic rings. The highest BCUT2D eigenvalue weighted by molar-refractivity contribution is 7.15. The van der Waals surface area contributed by atoms with Crippen molar-refractivity contribution in [2.75, 3.05) is 7.11 Å². The summed E-state index contributed by atoms with van der Waals surface area (Å²) in [7, 11) is 1.64. The van der Waals surface area contributed by atoms with Gasteiger partial charge >= 0.3 is 0 Å². The van der Waals surface area contributed by atoms with Crippen LogP contribution in [-0.2, 0) is 0 Å². The molecule has 0 aliphatic carbocycles. The van der Waals surface area contributed by atoms with Gasteiger partial charge in [0.1, 0.15) is 16.8 Å². The maximum absolute atomic E-state index is 8.92. The molecule has 2 rings (SSSR count). The summed E-state index contributed by atoms with van der Waals surface area (Å²) >= 11 is 1.52. The van der Waals surface area contributed by atoms with Gasteiger partial charge in [-0.05, 0) is 26.0 Å². The zero-order valence-corrected chi connectivity index (χ0v) is 10.8. The van der Waals surface area contributed by atoms with E-state index in [1.54, 1.807) is 7.11 Å². The summed E-state index contributed by atoms with van der Waals surface area (Å²) in [5.41, 5.74) is 2.59. The van der Waals surface area contributed by atoms with E-state index in [-0.39, 0.29) is 0 Å². The number of hydrogen-bond donors (Lipinski definition) is 0. The Balaban J connectivity index is 2.59. The van der Waals surface area contributed by atoms with E-state index in [2.05, 4.69) is 11.1 Å². The van der Waals surface area contributed by atoms with Gasteiger partial charge in [-0.15, -0.1) is 11.3 Å². The lowest BCUT2D eigenvalue weighted by Gasteiger charge is -2.06. The first-order valence-corrected chi connectivity index (χ1v) is 6.00. The van der Waals surface area contributed by atoms with Crippen molar-refractivity contribution in [1.29, 1.82) is 5.26 Å². The molecule has 0 radical (unpaired) electrons. The molecule has 0 aliphatic rings. The predicted molar refractivity (Wildman–Crippen MR) is 68.3 cm³/mol. The lowest BCUT2D eigenvalue weighted by molar-refractivity contribution is 0.416. The van der Waals surface area contributed by atoms with Crippen molar-refractivity contribution in [2.45, 2.75) is 13.8 Å². The summed E-state index contributed by atoms with van der Waals surface area (Å²) in [6.07, 6.45) is 0. The predicted octanol–water partition coefficient (Wildman–Crippen LogP) is 3.31. The van der Waals surface area contributed by atoms with Gasteiger partial charge < -0.3 is 4.74 Å². The van der Waals surface area contributed by atoms with E-state index < -0.39 is 0 Å². The molecule has 0 fully saturated rings. The summed E-state index contributed by atoms with van der Waals surface area (Å²) in [6, 6.07) is 8.04. The first-order chi connectivity index (χ1) is 8.15. The second-order valence-electron chi connectivity index (χ2n) is 3.74. The Kier molecular flexibility index (Phi) is 3.12. The fraction of sp³-hybridized carbons (Fsp3) is 0.231. The summed E-state index contributed by atoms with van der Waals surface area (Å²) in [4.78, 5) is 5.26. The zero-order valence-electron chi connectivity index (χ0n) is 9.94. The molecular formula is C13H12N2OS. The first kappa shape index (κ1) is 11.6. The molecule has 0 atom stereocenters. The average molecular weight is 244 g/mol. The standard InChI is InChI=1S/C13H12N2OS/c1-8-4-5-12(16-3)10(6-8)13-15-11(7-14)9(2)17-13/h4-6H,1-3H3. The Bertz CT molecular complexity index is 596. The fourth-order valence-electron chi connectivity index (χ4n) is 1.60. The van der Waals surface area contributed by atoms with Crippen molar-refractivity contribution in [3.05, 3.63) is 34.3 Å². The maximum Gasteiger partial charge on any atom is 0.155 e. The molecule has 0 saturated heterocycles. The van der Waals surface area contributed by atoms with Crippen LogP contribution in [0.1, 0.15) is 16.1 Å². The van der Waals surface area contributed by atoms with Crippen LogP contribution in [0.3, 0.4) is 0 Å². The molecule has 0 spiro atoms. The minimum atomic E-state index is 0.494. The second-order valence-corrected chi connectivity index (χ2v) is 4.94. The topological polar surface area (TPSA) is 45.9 Å². The third-order valence-corrected chi connectivity index (χ3v) is 3.49. The molecule has 1 aromatic carbocycles. The molecule has 4 heteroatoms. The van der Waals surface area contributed by atoms with Crippen LogP contribution < -0.4 is 4.74 Å².